The molecular weight excluding hydrogens is 657 g/mol. The first-order valence-corrected chi connectivity index (χ1v) is 18.2. The number of aliphatic hydroxyl groups is 1. The van der Waals surface area contributed by atoms with Crippen molar-refractivity contribution in [3.63, 3.8) is 0 Å². The number of halogens is 3. The van der Waals surface area contributed by atoms with E-state index >= 15 is 0 Å². The van der Waals surface area contributed by atoms with Crippen molar-refractivity contribution >= 4 is 18.0 Å². The molecule has 1 saturated heterocycles. The molecule has 0 radical (unpaired) electrons. The molecule has 5 aliphatic rings. The van der Waals surface area contributed by atoms with Crippen molar-refractivity contribution in [2.45, 2.75) is 93.7 Å². The van der Waals surface area contributed by atoms with Gasteiger partial charge in [0, 0.05) is 37.7 Å². The molecule has 0 aromatic heterocycles. The van der Waals surface area contributed by atoms with Crippen LogP contribution in [0.3, 0.4) is 0 Å². The predicted octanol–water partition coefficient (Wildman–Crippen LogP) is 6.74. The van der Waals surface area contributed by atoms with E-state index in [4.69, 9.17) is 9.47 Å². The summed E-state index contributed by atoms with van der Waals surface area (Å²) in [5.74, 6) is 0.643. The Labute approximate surface area is 296 Å². The summed E-state index contributed by atoms with van der Waals surface area (Å²) in [7, 11) is 0. The number of carbonyl (C=O) groups excluding carboxylic acids is 2. The zero-order chi connectivity index (χ0) is 35.5. The number of aryl methyl sites for hydroxylation is 1. The molecule has 2 aliphatic heterocycles. The third-order valence-corrected chi connectivity index (χ3v) is 12.0. The quantitative estimate of drug-likeness (QED) is 0.144. The average Bonchev–Trinajstić information content (AvgIpc) is 3.85. The zero-order valence-corrected chi connectivity index (χ0v) is 28.7. The Morgan fingerprint density at radius 1 is 1.06 bits per heavy atom. The number of alkyl halides is 3. The highest BCUT2D eigenvalue weighted by Gasteiger charge is 2.73. The molecule has 10 heteroatoms. The first kappa shape index (κ1) is 34.0. The van der Waals surface area contributed by atoms with Gasteiger partial charge >= 0.3 is 12.1 Å². The van der Waals surface area contributed by atoms with Crippen LogP contribution in [-0.2, 0) is 34.0 Å². The maximum absolute atomic E-state index is 14.3. The van der Waals surface area contributed by atoms with Gasteiger partial charge in [0.25, 0.3) is 0 Å². The molecule has 3 fully saturated rings. The van der Waals surface area contributed by atoms with E-state index in [0.29, 0.717) is 56.1 Å². The Balaban J connectivity index is 1.17. The van der Waals surface area contributed by atoms with Crippen molar-refractivity contribution in [2.75, 3.05) is 19.6 Å². The van der Waals surface area contributed by atoms with Gasteiger partial charge < -0.3 is 19.5 Å². The summed E-state index contributed by atoms with van der Waals surface area (Å²) in [6, 6.07) is 18.2. The maximum Gasteiger partial charge on any atom is 0.416 e. The molecule has 2 saturated carbocycles. The van der Waals surface area contributed by atoms with E-state index < -0.39 is 40.9 Å². The van der Waals surface area contributed by atoms with Crippen molar-refractivity contribution in [2.24, 2.45) is 5.92 Å². The fourth-order valence-corrected chi connectivity index (χ4v) is 9.62. The second-order valence-corrected chi connectivity index (χ2v) is 15.0. The van der Waals surface area contributed by atoms with Gasteiger partial charge in [0.2, 0.25) is 5.91 Å². The van der Waals surface area contributed by atoms with Crippen LogP contribution in [0.15, 0.2) is 72.8 Å². The highest BCUT2D eigenvalue weighted by molar-refractivity contribution is 5.92. The standard InChI is InChI=1S/C41H43F3N2O5/c1-26(47)50-33-16-15-30-24-34-40(49)19-18-32(38-39(40,36(30)37(33)51-38)20-22-45(34)25-29-12-13-29)46(21-6-10-27-7-3-2-4-8-27)35(48)17-14-28-9-5-11-31(23-28)41(42,43)44/h2-5,7-9,11,14-17,23,29,32,34,38,49H,6,10,12-13,18-22,24-25H2,1H3/t32-,34+,38-,39-,40+/m0/s1. The van der Waals surface area contributed by atoms with E-state index in [1.54, 1.807) is 12.1 Å². The van der Waals surface area contributed by atoms with E-state index in [-0.39, 0.29) is 17.5 Å². The summed E-state index contributed by atoms with van der Waals surface area (Å²) in [5, 5.41) is 13.1. The Hall–Kier alpha value is -4.15. The van der Waals surface area contributed by atoms with Crippen molar-refractivity contribution in [3.05, 3.63) is 101 Å². The molecule has 8 rings (SSSR count). The minimum atomic E-state index is -4.50. The van der Waals surface area contributed by atoms with Crippen LogP contribution in [0.2, 0.25) is 0 Å². The average molecular weight is 701 g/mol. The fraction of sp³-hybridized carbons (Fsp3) is 0.463. The van der Waals surface area contributed by atoms with Crippen molar-refractivity contribution in [1.82, 2.24) is 9.80 Å². The number of amides is 1. The number of benzene rings is 3. The number of piperidine rings is 1. The number of nitrogens with zero attached hydrogens (tertiary/aromatic N) is 2. The lowest BCUT2D eigenvalue weighted by molar-refractivity contribution is -0.201. The van der Waals surface area contributed by atoms with Gasteiger partial charge in [-0.3, -0.25) is 14.5 Å². The van der Waals surface area contributed by atoms with E-state index in [2.05, 4.69) is 4.90 Å². The summed E-state index contributed by atoms with van der Waals surface area (Å²) < 4.78 is 53.0. The van der Waals surface area contributed by atoms with Gasteiger partial charge in [-0.2, -0.15) is 13.2 Å². The molecule has 2 bridgehead atoms. The summed E-state index contributed by atoms with van der Waals surface area (Å²) in [6.45, 7) is 3.47. The summed E-state index contributed by atoms with van der Waals surface area (Å²) >= 11 is 0. The molecule has 51 heavy (non-hydrogen) atoms. The fourth-order valence-electron chi connectivity index (χ4n) is 9.62. The van der Waals surface area contributed by atoms with Gasteiger partial charge in [-0.25, -0.2) is 0 Å². The monoisotopic (exact) mass is 700 g/mol. The Kier molecular flexibility index (Phi) is 8.53. The number of ether oxygens (including phenoxy) is 2. The number of rotatable bonds is 10. The van der Waals surface area contributed by atoms with Crippen molar-refractivity contribution < 1.29 is 37.3 Å². The van der Waals surface area contributed by atoms with E-state index in [0.717, 1.165) is 48.3 Å². The molecule has 1 N–H and O–H groups in total. The van der Waals surface area contributed by atoms with E-state index in [9.17, 15) is 27.9 Å². The van der Waals surface area contributed by atoms with Crippen LogP contribution in [0.5, 0.6) is 11.5 Å². The molecule has 3 aromatic carbocycles. The lowest BCUT2D eigenvalue weighted by Crippen LogP contribution is -2.78. The minimum Gasteiger partial charge on any atom is -0.483 e. The van der Waals surface area contributed by atoms with Crippen LogP contribution in [0.1, 0.15) is 73.3 Å². The molecule has 3 aromatic rings. The summed E-state index contributed by atoms with van der Waals surface area (Å²) in [4.78, 5) is 30.8. The van der Waals surface area contributed by atoms with Gasteiger partial charge in [-0.15, -0.1) is 0 Å². The number of likely N-dealkylation sites (tertiary alicyclic amines) is 1. The van der Waals surface area contributed by atoms with Crippen molar-refractivity contribution in [1.29, 1.82) is 0 Å². The second-order valence-electron chi connectivity index (χ2n) is 15.0. The highest BCUT2D eigenvalue weighted by atomic mass is 19.4. The van der Waals surface area contributed by atoms with Gasteiger partial charge in [-0.05, 0) is 105 Å². The maximum atomic E-state index is 14.3. The number of carbonyl (C=O) groups is 2. The van der Waals surface area contributed by atoms with Gasteiger partial charge in [0.1, 0.15) is 6.10 Å². The van der Waals surface area contributed by atoms with Gasteiger partial charge in [0.15, 0.2) is 11.5 Å². The molecule has 268 valence electrons. The zero-order valence-electron chi connectivity index (χ0n) is 28.7. The molecular formula is C41H43F3N2O5. The first-order chi connectivity index (χ1) is 24.5. The van der Waals surface area contributed by atoms with Crippen molar-refractivity contribution in [3.8, 4) is 11.5 Å². The van der Waals surface area contributed by atoms with Crippen LogP contribution in [0, 0.1) is 5.92 Å². The number of hydrogen-bond acceptors (Lipinski definition) is 6. The van der Waals surface area contributed by atoms with Crippen LogP contribution in [0.4, 0.5) is 13.2 Å². The molecule has 7 nitrogen and oxygen atoms in total. The molecule has 2 heterocycles. The SMILES string of the molecule is CC(=O)Oc1ccc2c3c1O[C@H]1[C@@H](N(CCCc4ccccc4)C(=O)C=Cc4cccc(C(F)(F)F)c4)CC[C@@]4(O)[C@@H](C2)N(CC2CC2)CC[C@]314. The van der Waals surface area contributed by atoms with Crippen LogP contribution in [0.25, 0.3) is 6.08 Å². The minimum absolute atomic E-state index is 0.111. The predicted molar refractivity (Wildman–Crippen MR) is 185 cm³/mol. The second kappa shape index (κ2) is 12.8. The Bertz CT molecular complexity index is 1860. The lowest BCUT2D eigenvalue weighted by atomic mass is 9.48. The normalized spacial score (nSPS) is 27.9. The number of hydrogen-bond donors (Lipinski definition) is 1. The summed E-state index contributed by atoms with van der Waals surface area (Å²) in [6.07, 6.45) is 3.72. The van der Waals surface area contributed by atoms with Gasteiger partial charge in [-0.1, -0.05) is 48.5 Å². The van der Waals surface area contributed by atoms with Crippen LogP contribution in [-0.4, -0.2) is 70.2 Å². The van der Waals surface area contributed by atoms with Gasteiger partial charge in [0.05, 0.1) is 22.6 Å². The first-order valence-electron chi connectivity index (χ1n) is 18.2. The van der Waals surface area contributed by atoms with Crippen LogP contribution < -0.4 is 9.47 Å². The molecule has 3 aliphatic carbocycles. The lowest BCUT2D eigenvalue weighted by Gasteiger charge is -2.65. The van der Waals surface area contributed by atoms with E-state index in [1.165, 1.54) is 38.0 Å². The smallest absolute Gasteiger partial charge is 0.416 e. The van der Waals surface area contributed by atoms with Crippen LogP contribution >= 0.6 is 0 Å². The topological polar surface area (TPSA) is 79.3 Å². The molecule has 1 amide bonds. The highest BCUT2D eigenvalue weighted by Crippen LogP contribution is 2.66. The molecule has 0 unspecified atom stereocenters. The van der Waals surface area contributed by atoms with E-state index in [1.807, 2.05) is 41.3 Å². The number of esters is 1. The molecule has 1 spiro atoms. The third kappa shape index (κ3) is 5.94. The third-order valence-electron chi connectivity index (χ3n) is 12.0. The largest absolute Gasteiger partial charge is 0.483 e. The molecule has 5 atom stereocenters. The Morgan fingerprint density at radius 3 is 2.61 bits per heavy atom. The Morgan fingerprint density at radius 2 is 1.86 bits per heavy atom. The summed E-state index contributed by atoms with van der Waals surface area (Å²) in [5.41, 5.74) is 0.655.